The van der Waals surface area contributed by atoms with Gasteiger partial charge in [-0.1, -0.05) is 0 Å². The molecular formula is C15H21N5O. The van der Waals surface area contributed by atoms with Crippen molar-refractivity contribution in [2.45, 2.75) is 26.8 Å². The van der Waals surface area contributed by atoms with Crippen LogP contribution in [0.3, 0.4) is 0 Å². The van der Waals surface area contributed by atoms with Gasteiger partial charge in [0, 0.05) is 43.7 Å². The number of hydrogen-bond acceptors (Lipinski definition) is 3. The highest BCUT2D eigenvalue weighted by Crippen LogP contribution is 2.02. The van der Waals surface area contributed by atoms with Gasteiger partial charge in [-0.15, -0.1) is 0 Å². The molecule has 0 aromatic carbocycles. The number of rotatable bonds is 6. The molecule has 0 spiro atoms. The Balaban J connectivity index is 1.70. The molecule has 2 aromatic heterocycles. The van der Waals surface area contributed by atoms with Crippen LogP contribution >= 0.6 is 0 Å². The Bertz CT molecular complexity index is 638. The second-order valence-corrected chi connectivity index (χ2v) is 5.08. The third-order valence-electron chi connectivity index (χ3n) is 3.10. The van der Waals surface area contributed by atoms with Gasteiger partial charge in [-0.05, 0) is 32.4 Å². The van der Waals surface area contributed by atoms with Crippen molar-refractivity contribution in [2.24, 2.45) is 7.05 Å². The Morgan fingerprint density at radius 1 is 1.43 bits per heavy atom. The van der Waals surface area contributed by atoms with Gasteiger partial charge in [0.05, 0.1) is 11.9 Å². The maximum Gasteiger partial charge on any atom is 0.244 e. The normalized spacial score (nSPS) is 11.2. The summed E-state index contributed by atoms with van der Waals surface area (Å²) in [6.07, 6.45) is 7.71. The Morgan fingerprint density at radius 3 is 2.86 bits per heavy atom. The van der Waals surface area contributed by atoms with E-state index in [1.807, 2.05) is 31.8 Å². The zero-order valence-corrected chi connectivity index (χ0v) is 12.7. The van der Waals surface area contributed by atoms with Crippen molar-refractivity contribution in [3.05, 3.63) is 41.5 Å². The van der Waals surface area contributed by atoms with Gasteiger partial charge in [0.1, 0.15) is 0 Å². The lowest BCUT2D eigenvalue weighted by Gasteiger charge is -2.04. The van der Waals surface area contributed by atoms with Gasteiger partial charge in [-0.2, -0.15) is 10.2 Å². The molecule has 0 fully saturated rings. The van der Waals surface area contributed by atoms with E-state index >= 15 is 0 Å². The van der Waals surface area contributed by atoms with Crippen molar-refractivity contribution < 1.29 is 4.79 Å². The summed E-state index contributed by atoms with van der Waals surface area (Å²) in [5, 5.41) is 11.3. The molecule has 0 bridgehead atoms. The van der Waals surface area contributed by atoms with Gasteiger partial charge >= 0.3 is 0 Å². The molecule has 0 aliphatic carbocycles. The fourth-order valence-corrected chi connectivity index (χ4v) is 2.10. The molecule has 6 nitrogen and oxygen atoms in total. The van der Waals surface area contributed by atoms with Gasteiger partial charge < -0.3 is 5.32 Å². The summed E-state index contributed by atoms with van der Waals surface area (Å²) < 4.78 is 3.67. The first-order valence-electron chi connectivity index (χ1n) is 7.00. The van der Waals surface area contributed by atoms with Crippen LogP contribution < -0.4 is 5.32 Å². The Labute approximate surface area is 124 Å². The van der Waals surface area contributed by atoms with Crippen LogP contribution in [0.25, 0.3) is 6.08 Å². The summed E-state index contributed by atoms with van der Waals surface area (Å²) in [6.45, 7) is 5.46. The summed E-state index contributed by atoms with van der Waals surface area (Å²) in [6, 6.07) is 2.05. The van der Waals surface area contributed by atoms with Crippen LogP contribution in [0.1, 0.15) is 23.4 Å². The van der Waals surface area contributed by atoms with Gasteiger partial charge in [0.2, 0.25) is 5.91 Å². The number of amides is 1. The maximum atomic E-state index is 11.7. The molecule has 0 radical (unpaired) electrons. The van der Waals surface area contributed by atoms with Crippen molar-refractivity contribution >= 4 is 12.0 Å². The summed E-state index contributed by atoms with van der Waals surface area (Å²) >= 11 is 0. The molecule has 6 heteroatoms. The predicted molar refractivity (Wildman–Crippen MR) is 81.6 cm³/mol. The molecule has 21 heavy (non-hydrogen) atoms. The van der Waals surface area contributed by atoms with Crippen molar-refractivity contribution in [2.75, 3.05) is 6.54 Å². The minimum absolute atomic E-state index is 0.0905. The number of nitrogens with one attached hydrogen (secondary N) is 1. The highest BCUT2D eigenvalue weighted by Gasteiger charge is 2.01. The number of hydrogen-bond donors (Lipinski definition) is 1. The number of carbonyl (C=O) groups excluding carboxylic acids is 1. The molecule has 2 heterocycles. The van der Waals surface area contributed by atoms with Gasteiger partial charge in [0.25, 0.3) is 0 Å². The fraction of sp³-hybridized carbons (Fsp3) is 0.400. The van der Waals surface area contributed by atoms with E-state index in [9.17, 15) is 4.79 Å². The SMILES string of the molecule is Cc1cc(C)n(CCCNC(=O)/C=C/c2cnn(C)c2)n1. The molecule has 0 aliphatic rings. The van der Waals surface area contributed by atoms with E-state index in [0.29, 0.717) is 6.54 Å². The molecule has 2 rings (SSSR count). The standard InChI is InChI=1S/C15H21N5O/c1-12-9-13(2)20(18-12)8-4-7-16-15(21)6-5-14-10-17-19(3)11-14/h5-6,9-11H,4,7-8H2,1-3H3,(H,16,21)/b6-5+. The smallest absolute Gasteiger partial charge is 0.244 e. The van der Waals surface area contributed by atoms with Crippen molar-refractivity contribution in [3.63, 3.8) is 0 Å². The van der Waals surface area contributed by atoms with E-state index in [1.54, 1.807) is 17.0 Å². The maximum absolute atomic E-state index is 11.7. The quantitative estimate of drug-likeness (QED) is 0.646. The largest absolute Gasteiger partial charge is 0.352 e. The van der Waals surface area contributed by atoms with Gasteiger partial charge in [-0.25, -0.2) is 0 Å². The molecule has 1 amide bonds. The van der Waals surface area contributed by atoms with Crippen LogP contribution in [0.4, 0.5) is 0 Å². The lowest BCUT2D eigenvalue weighted by Crippen LogP contribution is -2.23. The minimum Gasteiger partial charge on any atom is -0.352 e. The van der Waals surface area contributed by atoms with Gasteiger partial charge in [-0.3, -0.25) is 14.2 Å². The number of aryl methyl sites for hydroxylation is 4. The third kappa shape index (κ3) is 4.59. The van der Waals surface area contributed by atoms with Crippen LogP contribution in [0.15, 0.2) is 24.5 Å². The molecular weight excluding hydrogens is 266 g/mol. The van der Waals surface area contributed by atoms with Crippen molar-refractivity contribution in [1.29, 1.82) is 0 Å². The summed E-state index contributed by atoms with van der Waals surface area (Å²) in [4.78, 5) is 11.7. The molecule has 1 N–H and O–H groups in total. The van der Waals surface area contributed by atoms with Crippen LogP contribution in [-0.2, 0) is 18.4 Å². The summed E-state index contributed by atoms with van der Waals surface area (Å²) in [5.41, 5.74) is 3.08. The van der Waals surface area contributed by atoms with E-state index in [0.717, 1.165) is 29.9 Å². The summed E-state index contributed by atoms with van der Waals surface area (Å²) in [7, 11) is 1.84. The first-order valence-corrected chi connectivity index (χ1v) is 7.00. The second kappa shape index (κ2) is 6.88. The molecule has 112 valence electrons. The third-order valence-corrected chi connectivity index (χ3v) is 3.10. The van der Waals surface area contributed by atoms with Crippen LogP contribution in [-0.4, -0.2) is 32.0 Å². The highest BCUT2D eigenvalue weighted by molar-refractivity contribution is 5.91. The fourth-order valence-electron chi connectivity index (χ4n) is 2.10. The Morgan fingerprint density at radius 2 is 2.24 bits per heavy atom. The lowest BCUT2D eigenvalue weighted by molar-refractivity contribution is -0.116. The molecule has 0 atom stereocenters. The number of nitrogens with zero attached hydrogens (tertiary/aromatic N) is 4. The average molecular weight is 287 g/mol. The lowest BCUT2D eigenvalue weighted by atomic mass is 10.3. The minimum atomic E-state index is -0.0905. The van der Waals surface area contributed by atoms with Crippen molar-refractivity contribution in [1.82, 2.24) is 24.9 Å². The first kappa shape index (κ1) is 15.0. The average Bonchev–Trinajstić information content (AvgIpc) is 2.98. The molecule has 0 saturated carbocycles. The Kier molecular flexibility index (Phi) is 4.92. The topological polar surface area (TPSA) is 64.7 Å². The van der Waals surface area contributed by atoms with E-state index in [1.165, 1.54) is 6.08 Å². The monoisotopic (exact) mass is 287 g/mol. The van der Waals surface area contributed by atoms with Crippen LogP contribution in [0.2, 0.25) is 0 Å². The van der Waals surface area contributed by atoms with E-state index in [-0.39, 0.29) is 5.91 Å². The van der Waals surface area contributed by atoms with E-state index in [4.69, 9.17) is 0 Å². The molecule has 2 aromatic rings. The first-order chi connectivity index (χ1) is 10.0. The zero-order chi connectivity index (χ0) is 15.2. The molecule has 0 aliphatic heterocycles. The highest BCUT2D eigenvalue weighted by atomic mass is 16.1. The number of carbonyl (C=O) groups is 1. The molecule has 0 unspecified atom stereocenters. The van der Waals surface area contributed by atoms with E-state index < -0.39 is 0 Å². The van der Waals surface area contributed by atoms with Crippen molar-refractivity contribution in [3.8, 4) is 0 Å². The van der Waals surface area contributed by atoms with Crippen LogP contribution in [0, 0.1) is 13.8 Å². The van der Waals surface area contributed by atoms with Crippen LogP contribution in [0.5, 0.6) is 0 Å². The second-order valence-electron chi connectivity index (χ2n) is 5.08. The Hall–Kier alpha value is -2.37. The predicted octanol–water partition coefficient (Wildman–Crippen LogP) is 1.45. The van der Waals surface area contributed by atoms with Gasteiger partial charge in [0.15, 0.2) is 0 Å². The number of aromatic nitrogens is 4. The zero-order valence-electron chi connectivity index (χ0n) is 12.7. The van der Waals surface area contributed by atoms with E-state index in [2.05, 4.69) is 21.6 Å². The summed E-state index contributed by atoms with van der Waals surface area (Å²) in [5.74, 6) is -0.0905. The molecule has 0 saturated heterocycles.